The lowest BCUT2D eigenvalue weighted by molar-refractivity contribution is -0.144. The summed E-state index contributed by atoms with van der Waals surface area (Å²) < 4.78 is 21.9. The largest absolute Gasteiger partial charge is 0.495 e. The fraction of sp³-hybridized carbons (Fsp3) is 0.263. The predicted molar refractivity (Wildman–Crippen MR) is 92.9 cm³/mol. The first-order valence-electron chi connectivity index (χ1n) is 7.75. The van der Waals surface area contributed by atoms with E-state index in [9.17, 15) is 9.59 Å². The summed E-state index contributed by atoms with van der Waals surface area (Å²) in [6.07, 6.45) is 1.25. The molecule has 25 heavy (non-hydrogen) atoms. The molecule has 130 valence electrons. The average molecular weight is 342 g/mol. The van der Waals surface area contributed by atoms with E-state index in [1.807, 2.05) is 0 Å². The molecule has 1 unspecified atom stereocenters. The number of hydrogen-bond donors (Lipinski definition) is 0. The Morgan fingerprint density at radius 2 is 1.92 bits per heavy atom. The minimum Gasteiger partial charge on any atom is -0.495 e. The molecule has 2 aromatic heterocycles. The minimum absolute atomic E-state index is 0.270. The van der Waals surface area contributed by atoms with Gasteiger partial charge in [0.25, 0.3) is 0 Å². The van der Waals surface area contributed by atoms with Gasteiger partial charge in [0.05, 0.1) is 24.1 Å². The second kappa shape index (κ2) is 6.47. The monoisotopic (exact) mass is 342 g/mol. The Labute approximate surface area is 143 Å². The second-order valence-electron chi connectivity index (χ2n) is 5.82. The molecule has 0 spiro atoms. The van der Waals surface area contributed by atoms with Crippen molar-refractivity contribution in [1.82, 2.24) is 0 Å². The number of hydrogen-bond acceptors (Lipinski definition) is 6. The van der Waals surface area contributed by atoms with Gasteiger partial charge < -0.3 is 18.3 Å². The smallest absolute Gasteiger partial charge is 0.336 e. The van der Waals surface area contributed by atoms with Crippen molar-refractivity contribution < 1.29 is 23.1 Å². The minimum atomic E-state index is -0.562. The fourth-order valence-corrected chi connectivity index (χ4v) is 2.90. The molecule has 0 aliphatic rings. The third-order valence-corrected chi connectivity index (χ3v) is 3.99. The Bertz CT molecular complexity index is 1020. The Morgan fingerprint density at radius 1 is 1.20 bits per heavy atom. The Hall–Kier alpha value is -3.02. The van der Waals surface area contributed by atoms with Gasteiger partial charge in [0.2, 0.25) is 0 Å². The van der Waals surface area contributed by atoms with Crippen molar-refractivity contribution in [2.45, 2.75) is 26.4 Å². The van der Waals surface area contributed by atoms with E-state index in [-0.39, 0.29) is 6.42 Å². The van der Waals surface area contributed by atoms with Gasteiger partial charge in [-0.3, -0.25) is 4.79 Å². The predicted octanol–water partition coefficient (Wildman–Crippen LogP) is 3.60. The molecule has 0 fully saturated rings. The standard InChI is InChI=1S/C19H18O6/c1-10(2)15(24-11(3)20)9-14-18-13(7-8-23-18)17(22-4)12-5-6-16(21)25-19(12)14/h5-8,15H,1,9H2,2-4H3. The summed E-state index contributed by atoms with van der Waals surface area (Å²) in [7, 11) is 1.54. The molecule has 1 aromatic carbocycles. The van der Waals surface area contributed by atoms with E-state index < -0.39 is 17.7 Å². The molecule has 6 nitrogen and oxygen atoms in total. The van der Waals surface area contributed by atoms with E-state index >= 15 is 0 Å². The number of esters is 1. The van der Waals surface area contributed by atoms with E-state index in [2.05, 4.69) is 6.58 Å². The van der Waals surface area contributed by atoms with E-state index in [4.69, 9.17) is 18.3 Å². The normalized spacial score (nSPS) is 12.3. The second-order valence-corrected chi connectivity index (χ2v) is 5.82. The van der Waals surface area contributed by atoms with Crippen LogP contribution in [0.5, 0.6) is 5.75 Å². The lowest BCUT2D eigenvalue weighted by atomic mass is 9.98. The first kappa shape index (κ1) is 16.8. The maximum Gasteiger partial charge on any atom is 0.336 e. The van der Waals surface area contributed by atoms with Crippen molar-refractivity contribution in [1.29, 1.82) is 0 Å². The highest BCUT2D eigenvalue weighted by molar-refractivity contribution is 6.04. The first-order valence-corrected chi connectivity index (χ1v) is 7.75. The molecule has 0 saturated heterocycles. The zero-order valence-electron chi connectivity index (χ0n) is 14.3. The molecule has 0 saturated carbocycles. The Balaban J connectivity index is 2.29. The fourth-order valence-electron chi connectivity index (χ4n) is 2.90. The summed E-state index contributed by atoms with van der Waals surface area (Å²) in [6, 6.07) is 4.77. The molecule has 0 aliphatic heterocycles. The van der Waals surface area contributed by atoms with Crippen LogP contribution in [-0.4, -0.2) is 19.2 Å². The van der Waals surface area contributed by atoms with E-state index in [1.165, 1.54) is 19.3 Å². The van der Waals surface area contributed by atoms with Crippen LogP contribution in [0.1, 0.15) is 19.4 Å². The van der Waals surface area contributed by atoms with Crippen molar-refractivity contribution in [3.63, 3.8) is 0 Å². The molecular weight excluding hydrogens is 324 g/mol. The van der Waals surface area contributed by atoms with Crippen LogP contribution in [0.2, 0.25) is 0 Å². The molecule has 0 N–H and O–H groups in total. The zero-order chi connectivity index (χ0) is 18.1. The lowest BCUT2D eigenvalue weighted by Crippen LogP contribution is -2.20. The number of rotatable bonds is 5. The van der Waals surface area contributed by atoms with Crippen LogP contribution in [0.15, 0.2) is 50.2 Å². The number of furan rings is 1. The van der Waals surface area contributed by atoms with Crippen LogP contribution in [0.25, 0.3) is 21.9 Å². The van der Waals surface area contributed by atoms with Crippen molar-refractivity contribution in [3.8, 4) is 5.75 Å². The topological polar surface area (TPSA) is 78.9 Å². The van der Waals surface area contributed by atoms with Gasteiger partial charge in [-0.1, -0.05) is 6.58 Å². The quantitative estimate of drug-likeness (QED) is 0.400. The van der Waals surface area contributed by atoms with Gasteiger partial charge in [-0.05, 0) is 24.6 Å². The summed E-state index contributed by atoms with van der Waals surface area (Å²) in [4.78, 5) is 23.2. The summed E-state index contributed by atoms with van der Waals surface area (Å²) >= 11 is 0. The molecule has 0 aliphatic carbocycles. The van der Waals surface area contributed by atoms with Gasteiger partial charge in [0.1, 0.15) is 23.0 Å². The number of carbonyl (C=O) groups is 1. The number of benzene rings is 1. The maximum atomic E-state index is 11.8. The summed E-state index contributed by atoms with van der Waals surface area (Å²) in [5, 5.41) is 1.40. The maximum absolute atomic E-state index is 11.8. The zero-order valence-corrected chi connectivity index (χ0v) is 14.3. The highest BCUT2D eigenvalue weighted by Gasteiger charge is 2.23. The van der Waals surface area contributed by atoms with Crippen molar-refractivity contribution >= 4 is 27.9 Å². The van der Waals surface area contributed by atoms with Crippen LogP contribution in [0.4, 0.5) is 0 Å². The van der Waals surface area contributed by atoms with E-state index in [0.717, 1.165) is 5.39 Å². The van der Waals surface area contributed by atoms with Crippen LogP contribution in [0, 0.1) is 0 Å². The van der Waals surface area contributed by atoms with Gasteiger partial charge in [0.15, 0.2) is 0 Å². The third-order valence-electron chi connectivity index (χ3n) is 3.99. The molecule has 0 amide bonds. The van der Waals surface area contributed by atoms with Crippen molar-refractivity contribution in [2.24, 2.45) is 0 Å². The molecule has 0 radical (unpaired) electrons. The van der Waals surface area contributed by atoms with E-state index in [0.29, 0.717) is 33.4 Å². The molecule has 0 bridgehead atoms. The summed E-state index contributed by atoms with van der Waals surface area (Å²) in [5.41, 5.74) is 1.70. The SMILES string of the molecule is C=C(C)C(Cc1c2occc2c(OC)c2ccc(=O)oc12)OC(C)=O. The first-order chi connectivity index (χ1) is 11.9. The lowest BCUT2D eigenvalue weighted by Gasteiger charge is -2.18. The Morgan fingerprint density at radius 3 is 2.56 bits per heavy atom. The van der Waals surface area contributed by atoms with Crippen LogP contribution in [0.3, 0.4) is 0 Å². The van der Waals surface area contributed by atoms with Gasteiger partial charge in [-0.2, -0.15) is 0 Å². The molecular formula is C19H18O6. The van der Waals surface area contributed by atoms with Gasteiger partial charge in [-0.15, -0.1) is 0 Å². The number of methoxy groups -OCH3 is 1. The van der Waals surface area contributed by atoms with Crippen LogP contribution < -0.4 is 10.4 Å². The van der Waals surface area contributed by atoms with Gasteiger partial charge >= 0.3 is 11.6 Å². The van der Waals surface area contributed by atoms with Crippen LogP contribution in [-0.2, 0) is 16.0 Å². The summed E-state index contributed by atoms with van der Waals surface area (Å²) in [5.74, 6) is 0.147. The van der Waals surface area contributed by atoms with Gasteiger partial charge in [-0.25, -0.2) is 4.79 Å². The number of carbonyl (C=O) groups excluding carboxylic acids is 1. The average Bonchev–Trinajstić information content (AvgIpc) is 3.02. The highest BCUT2D eigenvalue weighted by atomic mass is 16.5. The number of ether oxygens (including phenoxy) is 2. The molecule has 1 atom stereocenters. The van der Waals surface area contributed by atoms with Crippen molar-refractivity contribution in [3.05, 3.63) is 52.6 Å². The van der Waals surface area contributed by atoms with Crippen LogP contribution >= 0.6 is 0 Å². The summed E-state index contributed by atoms with van der Waals surface area (Å²) in [6.45, 7) is 6.99. The van der Waals surface area contributed by atoms with Crippen molar-refractivity contribution in [2.75, 3.05) is 7.11 Å². The number of fused-ring (bicyclic) bond motifs is 2. The Kier molecular flexibility index (Phi) is 4.35. The van der Waals surface area contributed by atoms with E-state index in [1.54, 1.807) is 26.2 Å². The van der Waals surface area contributed by atoms with Gasteiger partial charge in [0, 0.05) is 25.0 Å². The molecule has 3 aromatic rings. The third kappa shape index (κ3) is 3.03. The molecule has 3 rings (SSSR count). The highest BCUT2D eigenvalue weighted by Crippen LogP contribution is 2.39. The molecule has 6 heteroatoms. The molecule has 2 heterocycles.